The lowest BCUT2D eigenvalue weighted by atomic mass is 10.1. The number of hydrogen-bond acceptors (Lipinski definition) is 5. The Kier molecular flexibility index (Phi) is 5.27. The number of amides is 1. The molecule has 0 bridgehead atoms. The van der Waals surface area contributed by atoms with Gasteiger partial charge >= 0.3 is 0 Å². The summed E-state index contributed by atoms with van der Waals surface area (Å²) in [5.41, 5.74) is 2.07. The van der Waals surface area contributed by atoms with Crippen LogP contribution in [0.2, 0.25) is 0 Å². The van der Waals surface area contributed by atoms with E-state index in [2.05, 4.69) is 4.98 Å². The average Bonchev–Trinajstić information content (AvgIpc) is 3.02. The number of para-hydroxylation sites is 1. The maximum absolute atomic E-state index is 12.9. The summed E-state index contributed by atoms with van der Waals surface area (Å²) in [4.78, 5) is 20.8. The van der Waals surface area contributed by atoms with E-state index in [9.17, 15) is 13.2 Å². The van der Waals surface area contributed by atoms with Gasteiger partial charge in [0.15, 0.2) is 9.84 Å². The van der Waals surface area contributed by atoms with Gasteiger partial charge in [-0.3, -0.25) is 9.78 Å². The van der Waals surface area contributed by atoms with E-state index in [1.807, 2.05) is 49.2 Å². The highest BCUT2D eigenvalue weighted by molar-refractivity contribution is 7.91. The molecule has 1 aromatic carbocycles. The van der Waals surface area contributed by atoms with E-state index in [1.54, 1.807) is 23.4 Å². The minimum atomic E-state index is -2.97. The Balaban J connectivity index is 1.83. The maximum Gasteiger partial charge on any atom is 0.259 e. The average molecular weight is 373 g/mol. The molecule has 26 heavy (non-hydrogen) atoms. The molecule has 6 nitrogen and oxygen atoms in total. The molecule has 2 aromatic rings. The fourth-order valence-electron chi connectivity index (χ4n) is 3.24. The summed E-state index contributed by atoms with van der Waals surface area (Å²) < 4.78 is 23.5. The minimum absolute atomic E-state index is 0.0800. The highest BCUT2D eigenvalue weighted by Crippen LogP contribution is 2.24. The van der Waals surface area contributed by atoms with Crippen LogP contribution in [0.4, 0.5) is 11.4 Å². The first-order chi connectivity index (χ1) is 12.4. The Bertz CT molecular complexity index is 884. The summed E-state index contributed by atoms with van der Waals surface area (Å²) in [6, 6.07) is 11.2. The van der Waals surface area contributed by atoms with Crippen molar-refractivity contribution in [2.24, 2.45) is 0 Å². The van der Waals surface area contributed by atoms with Gasteiger partial charge in [-0.1, -0.05) is 18.2 Å². The van der Waals surface area contributed by atoms with Gasteiger partial charge in [0.25, 0.3) is 5.91 Å². The lowest BCUT2D eigenvalue weighted by Crippen LogP contribution is -2.33. The number of sulfone groups is 1. The molecule has 1 aromatic heterocycles. The fraction of sp³-hybridized carbons (Fsp3) is 0.368. The number of hydrogen-bond donors (Lipinski definition) is 0. The predicted octanol–water partition coefficient (Wildman–Crippen LogP) is 2.37. The number of rotatable bonds is 5. The van der Waals surface area contributed by atoms with Crippen molar-refractivity contribution in [2.45, 2.75) is 19.4 Å². The monoisotopic (exact) mass is 373 g/mol. The Labute approximate surface area is 154 Å². The lowest BCUT2D eigenvalue weighted by molar-refractivity contribution is 0.0988. The van der Waals surface area contributed by atoms with Crippen LogP contribution in [-0.2, 0) is 9.84 Å². The van der Waals surface area contributed by atoms with Crippen LogP contribution in [0, 0.1) is 0 Å². The predicted molar refractivity (Wildman–Crippen MR) is 103 cm³/mol. The highest BCUT2D eigenvalue weighted by atomic mass is 32.2. The molecule has 1 fully saturated rings. The van der Waals surface area contributed by atoms with E-state index in [-0.39, 0.29) is 23.5 Å². The third kappa shape index (κ3) is 3.88. The van der Waals surface area contributed by atoms with E-state index in [0.29, 0.717) is 18.5 Å². The van der Waals surface area contributed by atoms with Crippen molar-refractivity contribution in [3.63, 3.8) is 0 Å². The maximum atomic E-state index is 12.9. The van der Waals surface area contributed by atoms with Crippen LogP contribution in [0.1, 0.15) is 23.7 Å². The van der Waals surface area contributed by atoms with Crippen molar-refractivity contribution in [1.82, 2.24) is 4.98 Å². The molecule has 1 saturated heterocycles. The molecule has 1 aliphatic rings. The van der Waals surface area contributed by atoms with E-state index < -0.39 is 9.84 Å². The number of anilines is 2. The quantitative estimate of drug-likeness (QED) is 0.805. The van der Waals surface area contributed by atoms with Crippen LogP contribution < -0.4 is 9.80 Å². The van der Waals surface area contributed by atoms with Gasteiger partial charge in [0.1, 0.15) is 0 Å². The summed E-state index contributed by atoms with van der Waals surface area (Å²) in [7, 11) is -1.11. The van der Waals surface area contributed by atoms with Gasteiger partial charge in [0.2, 0.25) is 0 Å². The molecule has 3 rings (SSSR count). The van der Waals surface area contributed by atoms with E-state index in [4.69, 9.17) is 0 Å². The summed E-state index contributed by atoms with van der Waals surface area (Å²) in [6.07, 6.45) is 3.82. The smallest absolute Gasteiger partial charge is 0.259 e. The van der Waals surface area contributed by atoms with Gasteiger partial charge in [-0.25, -0.2) is 8.42 Å². The summed E-state index contributed by atoms with van der Waals surface area (Å²) in [5, 5.41) is 0. The topological polar surface area (TPSA) is 70.6 Å². The van der Waals surface area contributed by atoms with E-state index >= 15 is 0 Å². The Morgan fingerprint density at radius 3 is 2.54 bits per heavy atom. The molecule has 2 heterocycles. The zero-order valence-electron chi connectivity index (χ0n) is 15.0. The standard InChI is InChI=1S/C19H23N3O3S/c1-3-22(16-7-5-4-6-8-16)19(23)15-11-18(13-20-12-15)21(2)17-9-10-26(24,25)14-17/h4-8,11-13,17H,3,9-10,14H2,1-2H3. The van der Waals surface area contributed by atoms with Gasteiger partial charge in [-0.05, 0) is 31.5 Å². The van der Waals surface area contributed by atoms with Gasteiger partial charge in [0.05, 0.1) is 29.0 Å². The summed E-state index contributed by atoms with van der Waals surface area (Å²) in [5.74, 6) is 0.235. The van der Waals surface area contributed by atoms with Crippen LogP contribution in [0.3, 0.4) is 0 Å². The normalized spacial score (nSPS) is 18.5. The Hall–Kier alpha value is -2.41. The number of aromatic nitrogens is 1. The molecule has 0 saturated carbocycles. The van der Waals surface area contributed by atoms with Crippen molar-refractivity contribution in [1.29, 1.82) is 0 Å². The zero-order valence-corrected chi connectivity index (χ0v) is 15.8. The van der Waals surface area contributed by atoms with Crippen molar-refractivity contribution in [2.75, 3.05) is 34.9 Å². The van der Waals surface area contributed by atoms with Gasteiger partial charge in [0, 0.05) is 31.5 Å². The molecule has 1 atom stereocenters. The number of carbonyl (C=O) groups excluding carboxylic acids is 1. The molecule has 1 unspecified atom stereocenters. The third-order valence-corrected chi connectivity index (χ3v) is 6.51. The van der Waals surface area contributed by atoms with Crippen LogP contribution in [0.15, 0.2) is 48.8 Å². The van der Waals surface area contributed by atoms with Crippen LogP contribution in [0.5, 0.6) is 0 Å². The fourth-order valence-corrected chi connectivity index (χ4v) is 5.01. The number of nitrogens with zero attached hydrogens (tertiary/aromatic N) is 3. The molecular weight excluding hydrogens is 350 g/mol. The SMILES string of the molecule is CCN(C(=O)c1cncc(N(C)C2CCS(=O)(=O)C2)c1)c1ccccc1. The first kappa shape index (κ1) is 18.4. The second-order valence-electron chi connectivity index (χ2n) is 6.48. The van der Waals surface area contributed by atoms with Crippen molar-refractivity contribution in [3.8, 4) is 0 Å². The number of benzene rings is 1. The summed E-state index contributed by atoms with van der Waals surface area (Å²) in [6.45, 7) is 2.47. The Morgan fingerprint density at radius 2 is 1.92 bits per heavy atom. The molecule has 1 aliphatic heterocycles. The highest BCUT2D eigenvalue weighted by Gasteiger charge is 2.31. The van der Waals surface area contributed by atoms with Crippen LogP contribution >= 0.6 is 0 Å². The second kappa shape index (κ2) is 7.45. The minimum Gasteiger partial charge on any atom is -0.369 e. The molecule has 7 heteroatoms. The van der Waals surface area contributed by atoms with E-state index in [0.717, 1.165) is 11.4 Å². The molecule has 0 spiro atoms. The zero-order chi connectivity index (χ0) is 18.7. The molecule has 1 amide bonds. The van der Waals surface area contributed by atoms with Gasteiger partial charge in [-0.2, -0.15) is 0 Å². The number of pyridine rings is 1. The lowest BCUT2D eigenvalue weighted by Gasteiger charge is -2.26. The van der Waals surface area contributed by atoms with Gasteiger partial charge < -0.3 is 9.80 Å². The first-order valence-corrected chi connectivity index (χ1v) is 10.5. The second-order valence-corrected chi connectivity index (χ2v) is 8.71. The molecule has 0 N–H and O–H groups in total. The van der Waals surface area contributed by atoms with E-state index in [1.165, 1.54) is 0 Å². The van der Waals surface area contributed by atoms with Crippen LogP contribution in [-0.4, -0.2) is 50.4 Å². The number of carbonyl (C=O) groups is 1. The summed E-state index contributed by atoms with van der Waals surface area (Å²) >= 11 is 0. The molecule has 138 valence electrons. The third-order valence-electron chi connectivity index (χ3n) is 4.76. The largest absolute Gasteiger partial charge is 0.369 e. The Morgan fingerprint density at radius 1 is 1.19 bits per heavy atom. The van der Waals surface area contributed by atoms with Crippen molar-refractivity contribution >= 4 is 27.1 Å². The molecule has 0 radical (unpaired) electrons. The first-order valence-electron chi connectivity index (χ1n) is 8.66. The van der Waals surface area contributed by atoms with Gasteiger partial charge in [-0.15, -0.1) is 0 Å². The molecular formula is C19H23N3O3S. The van der Waals surface area contributed by atoms with Crippen LogP contribution in [0.25, 0.3) is 0 Å². The molecule has 0 aliphatic carbocycles. The van der Waals surface area contributed by atoms with Crippen molar-refractivity contribution in [3.05, 3.63) is 54.4 Å². The van der Waals surface area contributed by atoms with Crippen molar-refractivity contribution < 1.29 is 13.2 Å².